The summed E-state index contributed by atoms with van der Waals surface area (Å²) in [6, 6.07) is 16.2. The number of nitrogens with one attached hydrogen (secondary N) is 1. The SMILES string of the molecule is Nc1nc(CCc2ccc3ccccc3c2)cc(=O)[nH]1. The number of nitrogens with two attached hydrogens (primary N) is 1. The van der Waals surface area contributed by atoms with Gasteiger partial charge in [0.1, 0.15) is 0 Å². The number of hydrogen-bond donors (Lipinski definition) is 2. The van der Waals surface area contributed by atoms with Crippen molar-refractivity contribution in [2.24, 2.45) is 0 Å². The molecule has 0 spiro atoms. The van der Waals surface area contributed by atoms with Gasteiger partial charge in [0.2, 0.25) is 5.95 Å². The van der Waals surface area contributed by atoms with Gasteiger partial charge in [0, 0.05) is 6.07 Å². The molecule has 20 heavy (non-hydrogen) atoms. The van der Waals surface area contributed by atoms with Crippen LogP contribution in [0.5, 0.6) is 0 Å². The van der Waals surface area contributed by atoms with Gasteiger partial charge in [-0.25, -0.2) is 4.98 Å². The molecule has 0 aliphatic rings. The molecule has 0 saturated heterocycles. The Kier molecular flexibility index (Phi) is 3.21. The van der Waals surface area contributed by atoms with Gasteiger partial charge in [0.15, 0.2) is 0 Å². The first kappa shape index (κ1) is 12.4. The average molecular weight is 265 g/mol. The average Bonchev–Trinajstić information content (AvgIpc) is 2.44. The predicted molar refractivity (Wildman–Crippen MR) is 80.6 cm³/mol. The first-order chi connectivity index (χ1) is 9.70. The molecule has 0 aliphatic heterocycles. The molecule has 1 heterocycles. The molecule has 0 amide bonds. The van der Waals surface area contributed by atoms with E-state index in [1.807, 2.05) is 12.1 Å². The molecule has 0 saturated carbocycles. The van der Waals surface area contributed by atoms with Crippen molar-refractivity contribution in [3.63, 3.8) is 0 Å². The van der Waals surface area contributed by atoms with Crippen LogP contribution in [0.1, 0.15) is 11.3 Å². The third kappa shape index (κ3) is 2.69. The van der Waals surface area contributed by atoms with Crippen molar-refractivity contribution in [3.05, 3.63) is 70.1 Å². The molecule has 100 valence electrons. The fourth-order valence-corrected chi connectivity index (χ4v) is 2.32. The minimum atomic E-state index is -0.203. The van der Waals surface area contributed by atoms with Gasteiger partial charge in [-0.2, -0.15) is 0 Å². The van der Waals surface area contributed by atoms with E-state index < -0.39 is 0 Å². The first-order valence-corrected chi connectivity index (χ1v) is 6.54. The maximum Gasteiger partial charge on any atom is 0.252 e. The number of aryl methyl sites for hydroxylation is 2. The molecule has 0 unspecified atom stereocenters. The topological polar surface area (TPSA) is 71.8 Å². The lowest BCUT2D eigenvalue weighted by atomic mass is 10.0. The Morgan fingerprint density at radius 2 is 1.80 bits per heavy atom. The summed E-state index contributed by atoms with van der Waals surface area (Å²) in [6.45, 7) is 0. The van der Waals surface area contributed by atoms with Gasteiger partial charge in [0.05, 0.1) is 5.69 Å². The number of aromatic amines is 1. The highest BCUT2D eigenvalue weighted by atomic mass is 16.1. The minimum Gasteiger partial charge on any atom is -0.369 e. The van der Waals surface area contributed by atoms with E-state index in [0.717, 1.165) is 12.1 Å². The summed E-state index contributed by atoms with van der Waals surface area (Å²) in [6.07, 6.45) is 1.53. The number of nitrogen functional groups attached to an aromatic ring is 1. The van der Waals surface area contributed by atoms with Crippen LogP contribution in [-0.2, 0) is 12.8 Å². The van der Waals surface area contributed by atoms with Crippen LogP contribution >= 0.6 is 0 Å². The third-order valence-electron chi connectivity index (χ3n) is 3.30. The molecular formula is C16H15N3O. The van der Waals surface area contributed by atoms with Crippen molar-refractivity contribution in [1.29, 1.82) is 0 Å². The Bertz CT molecular complexity index is 808. The summed E-state index contributed by atoms with van der Waals surface area (Å²) in [7, 11) is 0. The summed E-state index contributed by atoms with van der Waals surface area (Å²) in [4.78, 5) is 17.9. The molecule has 4 heteroatoms. The van der Waals surface area contributed by atoms with Crippen LogP contribution < -0.4 is 11.3 Å². The lowest BCUT2D eigenvalue weighted by molar-refractivity contribution is 0.900. The number of benzene rings is 2. The summed E-state index contributed by atoms with van der Waals surface area (Å²) >= 11 is 0. The van der Waals surface area contributed by atoms with Gasteiger partial charge in [-0.1, -0.05) is 42.5 Å². The number of aromatic nitrogens is 2. The van der Waals surface area contributed by atoms with Crippen molar-refractivity contribution in [3.8, 4) is 0 Å². The normalized spacial score (nSPS) is 10.8. The second-order valence-electron chi connectivity index (χ2n) is 4.80. The monoisotopic (exact) mass is 265 g/mol. The van der Waals surface area contributed by atoms with Gasteiger partial charge in [-0.15, -0.1) is 0 Å². The van der Waals surface area contributed by atoms with Gasteiger partial charge in [-0.3, -0.25) is 9.78 Å². The zero-order valence-electron chi connectivity index (χ0n) is 11.0. The molecule has 2 aromatic carbocycles. The molecule has 0 atom stereocenters. The predicted octanol–water partition coefficient (Wildman–Crippen LogP) is 2.29. The Hall–Kier alpha value is -2.62. The molecule has 3 aromatic rings. The zero-order valence-corrected chi connectivity index (χ0v) is 11.0. The van der Waals surface area contributed by atoms with Crippen LogP contribution in [0.2, 0.25) is 0 Å². The van der Waals surface area contributed by atoms with Crippen molar-refractivity contribution in [2.75, 3.05) is 5.73 Å². The molecule has 3 rings (SSSR count). The van der Waals surface area contributed by atoms with Crippen molar-refractivity contribution < 1.29 is 0 Å². The number of rotatable bonds is 3. The van der Waals surface area contributed by atoms with E-state index in [1.54, 1.807) is 0 Å². The van der Waals surface area contributed by atoms with Crippen molar-refractivity contribution in [2.45, 2.75) is 12.8 Å². The molecule has 0 aliphatic carbocycles. The number of H-pyrrole nitrogens is 1. The van der Waals surface area contributed by atoms with Crippen LogP contribution in [0, 0.1) is 0 Å². The smallest absolute Gasteiger partial charge is 0.252 e. The standard InChI is InChI=1S/C16H15N3O/c17-16-18-14(10-15(20)19-16)8-6-11-5-7-12-3-1-2-4-13(12)9-11/h1-5,7,9-10H,6,8H2,(H3,17,18,19,20). The van der Waals surface area contributed by atoms with Crippen molar-refractivity contribution in [1.82, 2.24) is 9.97 Å². The lowest BCUT2D eigenvalue weighted by Crippen LogP contribution is -2.12. The van der Waals surface area contributed by atoms with Crippen LogP contribution in [0.4, 0.5) is 5.95 Å². The molecule has 0 radical (unpaired) electrons. The molecule has 1 aromatic heterocycles. The van der Waals surface area contributed by atoms with E-state index in [4.69, 9.17) is 5.73 Å². The van der Waals surface area contributed by atoms with Crippen LogP contribution in [0.25, 0.3) is 10.8 Å². The molecule has 4 nitrogen and oxygen atoms in total. The summed E-state index contributed by atoms with van der Waals surface area (Å²) in [5.41, 5.74) is 7.28. The van der Waals surface area contributed by atoms with Crippen LogP contribution in [0.3, 0.4) is 0 Å². The van der Waals surface area contributed by atoms with E-state index >= 15 is 0 Å². The van der Waals surface area contributed by atoms with Crippen molar-refractivity contribution >= 4 is 16.7 Å². The highest BCUT2D eigenvalue weighted by Gasteiger charge is 2.01. The summed E-state index contributed by atoms with van der Waals surface area (Å²) in [5.74, 6) is 0.172. The summed E-state index contributed by atoms with van der Waals surface area (Å²) < 4.78 is 0. The van der Waals surface area contributed by atoms with E-state index in [2.05, 4.69) is 40.3 Å². The lowest BCUT2D eigenvalue weighted by Gasteiger charge is -2.04. The number of anilines is 1. The molecule has 3 N–H and O–H groups in total. The summed E-state index contributed by atoms with van der Waals surface area (Å²) in [5, 5.41) is 2.46. The Labute approximate surface area is 116 Å². The van der Waals surface area contributed by atoms with Gasteiger partial charge < -0.3 is 5.73 Å². The molecule has 0 bridgehead atoms. The first-order valence-electron chi connectivity index (χ1n) is 6.54. The second kappa shape index (κ2) is 5.17. The zero-order chi connectivity index (χ0) is 13.9. The maximum absolute atomic E-state index is 11.3. The minimum absolute atomic E-state index is 0.172. The van der Waals surface area contributed by atoms with Gasteiger partial charge in [-0.05, 0) is 29.2 Å². The van der Waals surface area contributed by atoms with Crippen LogP contribution in [-0.4, -0.2) is 9.97 Å². The maximum atomic E-state index is 11.3. The molecular weight excluding hydrogens is 250 g/mol. The van der Waals surface area contributed by atoms with Crippen LogP contribution in [0.15, 0.2) is 53.3 Å². The Balaban J connectivity index is 1.81. The van der Waals surface area contributed by atoms with Gasteiger partial charge >= 0.3 is 0 Å². The fourth-order valence-electron chi connectivity index (χ4n) is 2.32. The van der Waals surface area contributed by atoms with E-state index in [1.165, 1.54) is 22.4 Å². The largest absolute Gasteiger partial charge is 0.369 e. The van der Waals surface area contributed by atoms with Gasteiger partial charge in [0.25, 0.3) is 5.56 Å². The highest BCUT2D eigenvalue weighted by molar-refractivity contribution is 5.82. The Morgan fingerprint density at radius 3 is 2.60 bits per heavy atom. The van der Waals surface area contributed by atoms with E-state index in [9.17, 15) is 4.79 Å². The second-order valence-corrected chi connectivity index (χ2v) is 4.80. The fraction of sp³-hybridized carbons (Fsp3) is 0.125. The molecule has 0 fully saturated rings. The van der Waals surface area contributed by atoms with E-state index in [-0.39, 0.29) is 11.5 Å². The number of hydrogen-bond acceptors (Lipinski definition) is 3. The highest BCUT2D eigenvalue weighted by Crippen LogP contribution is 2.16. The number of fused-ring (bicyclic) bond motifs is 1. The third-order valence-corrected chi connectivity index (χ3v) is 3.30. The quantitative estimate of drug-likeness (QED) is 0.763. The van der Waals surface area contributed by atoms with E-state index in [0.29, 0.717) is 6.42 Å². The Morgan fingerprint density at radius 1 is 1.00 bits per heavy atom. The number of nitrogens with zero attached hydrogens (tertiary/aromatic N) is 1.